The van der Waals surface area contributed by atoms with E-state index in [4.69, 9.17) is 0 Å². The summed E-state index contributed by atoms with van der Waals surface area (Å²) in [5.74, 6) is 0.692. The highest BCUT2D eigenvalue weighted by atomic mass is 15.2. The van der Waals surface area contributed by atoms with Crippen molar-refractivity contribution in [1.82, 2.24) is 9.88 Å². The number of rotatable bonds is 2. The minimum atomic E-state index is 0.692. The summed E-state index contributed by atoms with van der Waals surface area (Å²) in [6, 6.07) is 15.9. The first-order valence-electron chi connectivity index (χ1n) is 7.62. The molecule has 2 aliphatic rings. The van der Waals surface area contributed by atoms with E-state index in [2.05, 4.69) is 52.3 Å². The van der Waals surface area contributed by atoms with Gasteiger partial charge in [0.15, 0.2) is 0 Å². The highest BCUT2D eigenvalue weighted by molar-refractivity contribution is 5.29. The van der Waals surface area contributed by atoms with Crippen LogP contribution in [-0.4, -0.2) is 22.5 Å². The van der Waals surface area contributed by atoms with Crippen LogP contribution in [0.2, 0.25) is 0 Å². The first-order valence-corrected chi connectivity index (χ1v) is 7.62. The third-order valence-electron chi connectivity index (χ3n) is 4.83. The lowest BCUT2D eigenvalue weighted by atomic mass is 9.78. The number of likely N-dealkylation sites (tertiary alicyclic amines) is 1. The average molecular weight is 264 g/mol. The Balaban J connectivity index is 1.56. The molecule has 1 aromatic carbocycles. The molecule has 102 valence electrons. The van der Waals surface area contributed by atoms with Crippen LogP contribution in [0.1, 0.15) is 35.6 Å². The van der Waals surface area contributed by atoms with Crippen molar-refractivity contribution in [1.29, 1.82) is 0 Å². The molecule has 1 aromatic heterocycles. The van der Waals surface area contributed by atoms with Gasteiger partial charge < -0.3 is 0 Å². The van der Waals surface area contributed by atoms with Crippen LogP contribution >= 0.6 is 0 Å². The number of pyridine rings is 1. The molecule has 1 saturated heterocycles. The molecule has 0 unspecified atom stereocenters. The lowest BCUT2D eigenvalue weighted by Crippen LogP contribution is -2.45. The van der Waals surface area contributed by atoms with Crippen LogP contribution < -0.4 is 0 Å². The van der Waals surface area contributed by atoms with Crippen molar-refractivity contribution < 1.29 is 0 Å². The number of benzene rings is 1. The van der Waals surface area contributed by atoms with Crippen LogP contribution in [0, 0.1) is 0 Å². The molecule has 2 atom stereocenters. The summed E-state index contributed by atoms with van der Waals surface area (Å²) in [6.07, 6.45) is 5.67. The number of aromatic nitrogens is 1. The Labute approximate surface area is 120 Å². The Morgan fingerprint density at radius 3 is 2.90 bits per heavy atom. The van der Waals surface area contributed by atoms with E-state index in [1.54, 1.807) is 0 Å². The second-order valence-electron chi connectivity index (χ2n) is 6.08. The minimum absolute atomic E-state index is 0.692. The summed E-state index contributed by atoms with van der Waals surface area (Å²) in [5, 5.41) is 0. The molecule has 4 rings (SSSR count). The van der Waals surface area contributed by atoms with Crippen LogP contribution in [0.15, 0.2) is 48.7 Å². The van der Waals surface area contributed by atoms with Crippen molar-refractivity contribution in [2.24, 2.45) is 0 Å². The van der Waals surface area contributed by atoms with Gasteiger partial charge in [-0.05, 0) is 43.0 Å². The lowest BCUT2D eigenvalue weighted by molar-refractivity contribution is 0.115. The van der Waals surface area contributed by atoms with Gasteiger partial charge in [0.1, 0.15) is 0 Å². The molecule has 2 nitrogen and oxygen atoms in total. The fourth-order valence-electron chi connectivity index (χ4n) is 3.83. The van der Waals surface area contributed by atoms with Crippen LogP contribution in [0.4, 0.5) is 0 Å². The van der Waals surface area contributed by atoms with E-state index in [-0.39, 0.29) is 0 Å². The Hall–Kier alpha value is -1.67. The van der Waals surface area contributed by atoms with E-state index in [0.717, 1.165) is 6.54 Å². The second kappa shape index (κ2) is 5.02. The molecule has 0 radical (unpaired) electrons. The Morgan fingerprint density at radius 1 is 1.10 bits per heavy atom. The molecular weight excluding hydrogens is 244 g/mol. The number of piperidine rings is 1. The average Bonchev–Trinajstić information content (AvgIpc) is 2.51. The Bertz CT molecular complexity index is 593. The van der Waals surface area contributed by atoms with E-state index in [1.165, 1.54) is 42.6 Å². The minimum Gasteiger partial charge on any atom is -0.296 e. The van der Waals surface area contributed by atoms with Crippen molar-refractivity contribution in [2.75, 3.05) is 6.54 Å². The smallest absolute Gasteiger partial charge is 0.0468 e. The third-order valence-corrected chi connectivity index (χ3v) is 4.83. The number of hydrogen-bond donors (Lipinski definition) is 0. The van der Waals surface area contributed by atoms with Gasteiger partial charge in [-0.2, -0.15) is 0 Å². The molecule has 0 N–H and O–H groups in total. The summed E-state index contributed by atoms with van der Waals surface area (Å²) in [4.78, 5) is 7.30. The van der Waals surface area contributed by atoms with Crippen LogP contribution in [0.3, 0.4) is 0 Å². The lowest BCUT2D eigenvalue weighted by Gasteiger charge is -2.43. The number of hydrogen-bond acceptors (Lipinski definition) is 2. The van der Waals surface area contributed by atoms with Crippen LogP contribution in [0.25, 0.3) is 0 Å². The first kappa shape index (κ1) is 12.1. The largest absolute Gasteiger partial charge is 0.296 e. The summed E-state index contributed by atoms with van der Waals surface area (Å²) < 4.78 is 0. The molecule has 1 aliphatic heterocycles. The fourth-order valence-corrected chi connectivity index (χ4v) is 3.83. The molecule has 0 amide bonds. The highest BCUT2D eigenvalue weighted by Crippen LogP contribution is 2.38. The zero-order chi connectivity index (χ0) is 13.4. The standard InChI is InChI=1S/C18H20N2/c1-2-5-14(6-3-1)13-20-10-8-16-12-17(20)11-15-7-4-9-19-18(15)16/h1-7,9,16-17H,8,10-13H2/t16-,17-/m0/s1. The summed E-state index contributed by atoms with van der Waals surface area (Å²) in [6.45, 7) is 2.30. The van der Waals surface area contributed by atoms with E-state index in [1.807, 2.05) is 6.20 Å². The Morgan fingerprint density at radius 2 is 2.00 bits per heavy atom. The van der Waals surface area contributed by atoms with Gasteiger partial charge in [0.05, 0.1) is 0 Å². The normalized spacial score (nSPS) is 25.2. The van der Waals surface area contributed by atoms with Gasteiger partial charge in [0, 0.05) is 30.4 Å². The van der Waals surface area contributed by atoms with Crippen molar-refractivity contribution in [3.05, 3.63) is 65.5 Å². The molecule has 2 heteroatoms. The van der Waals surface area contributed by atoms with Gasteiger partial charge in [-0.15, -0.1) is 0 Å². The molecule has 0 saturated carbocycles. The molecule has 2 bridgehead atoms. The number of nitrogens with zero attached hydrogens (tertiary/aromatic N) is 2. The molecule has 2 aromatic rings. The predicted molar refractivity (Wildman–Crippen MR) is 80.6 cm³/mol. The van der Waals surface area contributed by atoms with E-state index in [9.17, 15) is 0 Å². The second-order valence-corrected chi connectivity index (χ2v) is 6.08. The monoisotopic (exact) mass is 264 g/mol. The molecule has 0 spiro atoms. The maximum atomic E-state index is 4.63. The molecule has 1 aliphatic carbocycles. The third kappa shape index (κ3) is 2.14. The maximum Gasteiger partial charge on any atom is 0.0468 e. The van der Waals surface area contributed by atoms with Crippen molar-refractivity contribution in [2.45, 2.75) is 37.8 Å². The van der Waals surface area contributed by atoms with Gasteiger partial charge in [0.2, 0.25) is 0 Å². The van der Waals surface area contributed by atoms with Gasteiger partial charge in [-0.1, -0.05) is 36.4 Å². The van der Waals surface area contributed by atoms with E-state index >= 15 is 0 Å². The first-order chi connectivity index (χ1) is 9.90. The maximum absolute atomic E-state index is 4.63. The summed E-state index contributed by atoms with van der Waals surface area (Å²) >= 11 is 0. The van der Waals surface area contributed by atoms with Crippen LogP contribution in [-0.2, 0) is 13.0 Å². The van der Waals surface area contributed by atoms with Crippen LogP contribution in [0.5, 0.6) is 0 Å². The van der Waals surface area contributed by atoms with Crippen molar-refractivity contribution in [3.63, 3.8) is 0 Å². The predicted octanol–water partition coefficient (Wildman–Crippen LogP) is 3.39. The van der Waals surface area contributed by atoms with Gasteiger partial charge in [-0.3, -0.25) is 9.88 Å². The highest BCUT2D eigenvalue weighted by Gasteiger charge is 2.35. The van der Waals surface area contributed by atoms with E-state index in [0.29, 0.717) is 12.0 Å². The van der Waals surface area contributed by atoms with Gasteiger partial charge >= 0.3 is 0 Å². The van der Waals surface area contributed by atoms with Crippen molar-refractivity contribution in [3.8, 4) is 0 Å². The summed E-state index contributed by atoms with van der Waals surface area (Å²) in [5.41, 5.74) is 4.29. The summed E-state index contributed by atoms with van der Waals surface area (Å²) in [7, 11) is 0. The molecule has 2 heterocycles. The SMILES string of the molecule is c1ccc(CN2CC[C@H]3C[C@@H]2Cc2cccnc23)cc1. The van der Waals surface area contributed by atoms with E-state index < -0.39 is 0 Å². The molecule has 20 heavy (non-hydrogen) atoms. The molecular formula is C18H20N2. The quantitative estimate of drug-likeness (QED) is 0.826. The Kier molecular flexibility index (Phi) is 3.04. The molecule has 1 fully saturated rings. The van der Waals surface area contributed by atoms with Gasteiger partial charge in [-0.25, -0.2) is 0 Å². The van der Waals surface area contributed by atoms with Crippen molar-refractivity contribution >= 4 is 0 Å². The topological polar surface area (TPSA) is 16.1 Å². The zero-order valence-corrected chi connectivity index (χ0v) is 11.7. The fraction of sp³-hybridized carbons (Fsp3) is 0.389. The zero-order valence-electron chi connectivity index (χ0n) is 11.7. The number of fused-ring (bicyclic) bond motifs is 4. The van der Waals surface area contributed by atoms with Gasteiger partial charge in [0.25, 0.3) is 0 Å².